The van der Waals surface area contributed by atoms with Crippen LogP contribution in [0.15, 0.2) is 285 Å². The number of Topliss-reactive ketones (excluding diaryl/α,β-unsaturated/α-hetero) is 1. The first-order valence-electron chi connectivity index (χ1n) is 25.2. The number of rotatable bonds is 18. The molecule has 0 radical (unpaired) electrons. The van der Waals surface area contributed by atoms with Crippen molar-refractivity contribution in [3.63, 3.8) is 0 Å². The second kappa shape index (κ2) is 23.8. The third-order valence-electron chi connectivity index (χ3n) is 13.4. The lowest BCUT2D eigenvalue weighted by molar-refractivity contribution is -0.113. The highest BCUT2D eigenvalue weighted by atomic mass is 16.3. The number of aryl methyl sites for hydroxylation is 1. The Bertz CT molecular complexity index is 3670. The van der Waals surface area contributed by atoms with Gasteiger partial charge in [0.25, 0.3) is 0 Å². The maximum Gasteiger partial charge on any atom is 0.167 e. The van der Waals surface area contributed by atoms with E-state index in [9.17, 15) is 9.90 Å². The molecule has 0 saturated heterocycles. The standard InChI is InChI=1S/C71H58N2O2/c1-6-53(54-25-11-7-12-26-54)47-72-51(4)49(2)39-40-50(3)62-34-21-22-36-64(62)60-43-59(63-35-20-19-29-56(63)41-42-70(75)71(52(5)74)58-32-17-10-18-33-58)44-61(45-60)65-37-23-24-38-66(65)68-48-73-69(57-30-15-9-16-31-57)46-67(68)55-27-13-8-14-28-55/h6-40,43-48,74H,2-4,41-42H2,1,5H3/b40-39-,53-6-,71-52-,72-47-. The van der Waals surface area contributed by atoms with E-state index in [1.54, 1.807) is 6.92 Å². The van der Waals surface area contributed by atoms with Crippen LogP contribution < -0.4 is 0 Å². The van der Waals surface area contributed by atoms with Crippen LogP contribution >= 0.6 is 0 Å². The number of hydrogen-bond donors (Lipinski definition) is 1. The van der Waals surface area contributed by atoms with Crippen LogP contribution in [0.4, 0.5) is 0 Å². The summed E-state index contributed by atoms with van der Waals surface area (Å²) < 4.78 is 0. The lowest BCUT2D eigenvalue weighted by Gasteiger charge is -2.19. The molecule has 0 amide bonds. The molecular formula is C71H58N2O2. The fourth-order valence-corrected chi connectivity index (χ4v) is 9.51. The number of hydrogen-bond acceptors (Lipinski definition) is 4. The fourth-order valence-electron chi connectivity index (χ4n) is 9.51. The monoisotopic (exact) mass is 970 g/mol. The molecule has 4 nitrogen and oxygen atoms in total. The van der Waals surface area contributed by atoms with Crippen molar-refractivity contribution in [3.8, 4) is 66.9 Å². The first-order chi connectivity index (χ1) is 36.7. The van der Waals surface area contributed by atoms with Gasteiger partial charge in [-0.1, -0.05) is 232 Å². The maximum absolute atomic E-state index is 14.0. The zero-order chi connectivity index (χ0) is 52.1. The summed E-state index contributed by atoms with van der Waals surface area (Å²) in [5.74, 6) is -0.107. The normalized spacial score (nSPS) is 11.9. The molecule has 0 unspecified atom stereocenters. The van der Waals surface area contributed by atoms with Gasteiger partial charge in [0.2, 0.25) is 0 Å². The van der Waals surface area contributed by atoms with E-state index in [-0.39, 0.29) is 18.0 Å². The van der Waals surface area contributed by atoms with E-state index in [0.717, 1.165) is 94.7 Å². The third-order valence-corrected chi connectivity index (χ3v) is 13.4. The van der Waals surface area contributed by atoms with Gasteiger partial charge >= 0.3 is 0 Å². The van der Waals surface area contributed by atoms with Gasteiger partial charge in [0.15, 0.2) is 5.78 Å². The Labute approximate surface area is 441 Å². The topological polar surface area (TPSA) is 62.5 Å². The number of nitrogens with zero attached hydrogens (tertiary/aromatic N) is 2. The summed E-state index contributed by atoms with van der Waals surface area (Å²) in [4.78, 5) is 23.8. The predicted molar refractivity (Wildman–Crippen MR) is 317 cm³/mol. The highest BCUT2D eigenvalue weighted by Gasteiger charge is 2.20. The number of aliphatic hydroxyl groups excluding tert-OH is 1. The molecule has 0 aliphatic carbocycles. The zero-order valence-corrected chi connectivity index (χ0v) is 42.5. The molecular weight excluding hydrogens is 913 g/mol. The molecule has 0 saturated carbocycles. The molecule has 9 aromatic rings. The van der Waals surface area contributed by atoms with Crippen LogP contribution in [0, 0.1) is 0 Å². The van der Waals surface area contributed by atoms with Crippen molar-refractivity contribution in [2.75, 3.05) is 0 Å². The van der Waals surface area contributed by atoms with Crippen LogP contribution in [-0.2, 0) is 11.2 Å². The summed E-state index contributed by atoms with van der Waals surface area (Å²) in [5, 5.41) is 10.8. The molecule has 9 rings (SSSR count). The molecule has 364 valence electrons. The van der Waals surface area contributed by atoms with Gasteiger partial charge in [0.1, 0.15) is 5.76 Å². The minimum absolute atomic E-state index is 0.00972. The fraction of sp³-hybridized carbons (Fsp3) is 0.0563. The van der Waals surface area contributed by atoms with Gasteiger partial charge in [-0.2, -0.15) is 0 Å². The lowest BCUT2D eigenvalue weighted by atomic mass is 9.85. The quantitative estimate of drug-likeness (QED) is 0.0403. The van der Waals surface area contributed by atoms with Crippen LogP contribution in [0.25, 0.3) is 83.6 Å². The lowest BCUT2D eigenvalue weighted by Crippen LogP contribution is -2.06. The van der Waals surface area contributed by atoms with Crippen LogP contribution in [0.2, 0.25) is 0 Å². The molecule has 0 aliphatic heterocycles. The van der Waals surface area contributed by atoms with Crippen molar-refractivity contribution in [1.82, 2.24) is 4.98 Å². The van der Waals surface area contributed by atoms with E-state index in [4.69, 9.17) is 4.98 Å². The summed E-state index contributed by atoms with van der Waals surface area (Å²) in [6.07, 6.45) is 10.4. The van der Waals surface area contributed by atoms with Crippen LogP contribution in [0.3, 0.4) is 0 Å². The Balaban J connectivity index is 1.14. The van der Waals surface area contributed by atoms with Crippen molar-refractivity contribution in [2.45, 2.75) is 26.7 Å². The first-order valence-corrected chi connectivity index (χ1v) is 25.2. The minimum atomic E-state index is -0.117. The molecule has 0 atom stereocenters. The van der Waals surface area contributed by atoms with Crippen LogP contribution in [-0.4, -0.2) is 22.1 Å². The smallest absolute Gasteiger partial charge is 0.167 e. The zero-order valence-electron chi connectivity index (χ0n) is 42.5. The molecule has 0 bridgehead atoms. The minimum Gasteiger partial charge on any atom is -0.512 e. The number of aliphatic imine (C=N–C) groups is 1. The van der Waals surface area contributed by atoms with E-state index in [1.807, 2.05) is 129 Å². The molecule has 4 heteroatoms. The van der Waals surface area contributed by atoms with E-state index >= 15 is 0 Å². The van der Waals surface area contributed by atoms with E-state index < -0.39 is 0 Å². The molecule has 0 aliphatic rings. The number of aromatic nitrogens is 1. The number of aliphatic hydroxyl groups is 1. The van der Waals surface area contributed by atoms with Gasteiger partial charge in [-0.15, -0.1) is 0 Å². The molecule has 8 aromatic carbocycles. The van der Waals surface area contributed by atoms with Crippen molar-refractivity contribution < 1.29 is 9.90 Å². The Morgan fingerprint density at radius 1 is 0.533 bits per heavy atom. The summed E-state index contributed by atoms with van der Waals surface area (Å²) >= 11 is 0. The highest BCUT2D eigenvalue weighted by Crippen LogP contribution is 2.43. The largest absolute Gasteiger partial charge is 0.512 e. The average Bonchev–Trinajstić information content (AvgIpc) is 3.46. The summed E-state index contributed by atoms with van der Waals surface area (Å²) in [6, 6.07) is 74.4. The van der Waals surface area contributed by atoms with Gasteiger partial charge in [0.05, 0.1) is 17.0 Å². The van der Waals surface area contributed by atoms with Gasteiger partial charge in [-0.25, -0.2) is 0 Å². The van der Waals surface area contributed by atoms with E-state index in [2.05, 4.69) is 152 Å². The Morgan fingerprint density at radius 3 is 1.69 bits per heavy atom. The summed E-state index contributed by atoms with van der Waals surface area (Å²) in [5.41, 5.74) is 19.3. The summed E-state index contributed by atoms with van der Waals surface area (Å²) in [7, 11) is 0. The van der Waals surface area contributed by atoms with Crippen LogP contribution in [0.5, 0.6) is 0 Å². The molecule has 1 N–H and O–H groups in total. The maximum atomic E-state index is 14.0. The van der Waals surface area contributed by atoms with Gasteiger partial charge < -0.3 is 5.11 Å². The second-order valence-electron chi connectivity index (χ2n) is 18.3. The molecule has 75 heavy (non-hydrogen) atoms. The number of benzene rings is 8. The first kappa shape index (κ1) is 50.4. The number of allylic oxidation sites excluding steroid dienone is 7. The predicted octanol–water partition coefficient (Wildman–Crippen LogP) is 18.4. The number of pyridine rings is 1. The van der Waals surface area contributed by atoms with Gasteiger partial charge in [-0.3, -0.25) is 14.8 Å². The van der Waals surface area contributed by atoms with Gasteiger partial charge in [0, 0.05) is 30.0 Å². The molecule has 1 aromatic heterocycles. The number of carbonyl (C=O) groups is 1. The second-order valence-corrected chi connectivity index (χ2v) is 18.3. The Morgan fingerprint density at radius 2 is 1.05 bits per heavy atom. The molecule has 1 heterocycles. The molecule has 0 fully saturated rings. The number of ketones is 1. The number of carbonyl (C=O) groups excluding carboxylic acids is 1. The summed E-state index contributed by atoms with van der Waals surface area (Å²) in [6.45, 7) is 16.7. The van der Waals surface area contributed by atoms with Crippen molar-refractivity contribution in [3.05, 3.63) is 302 Å². The van der Waals surface area contributed by atoms with Crippen molar-refractivity contribution >= 4 is 28.7 Å². The highest BCUT2D eigenvalue weighted by molar-refractivity contribution is 6.21. The SMILES string of the molecule is C=C(/C=C\C(=C)c1ccccc1-c1cc(-c2ccccc2CCC(=O)/C(=C(/C)O)c2ccccc2)cc(-c2ccccc2-c2cnc(-c3ccccc3)cc2-c2ccccc2)c1)C(=C)/N=C\C(=C\C)c1ccccc1. The van der Waals surface area contributed by atoms with Crippen molar-refractivity contribution in [1.29, 1.82) is 0 Å². The average molecular weight is 971 g/mol. The third kappa shape index (κ3) is 11.9. The van der Waals surface area contributed by atoms with Crippen molar-refractivity contribution in [2.24, 2.45) is 4.99 Å². The van der Waals surface area contributed by atoms with Gasteiger partial charge in [-0.05, 0) is 134 Å². The molecule has 0 spiro atoms. The van der Waals surface area contributed by atoms with Crippen LogP contribution in [0.1, 0.15) is 42.5 Å². The van der Waals surface area contributed by atoms with E-state index in [0.29, 0.717) is 28.8 Å². The Hall–Kier alpha value is -9.51. The van der Waals surface area contributed by atoms with E-state index in [1.165, 1.54) is 0 Å². The Kier molecular flexibility index (Phi) is 16.0.